The van der Waals surface area contributed by atoms with Crippen LogP contribution in [0.25, 0.3) is 0 Å². The monoisotopic (exact) mass is 178 g/mol. The van der Waals surface area contributed by atoms with Crippen molar-refractivity contribution in [3.8, 4) is 5.75 Å². The average molecular weight is 178 g/mol. The van der Waals surface area contributed by atoms with Crippen LogP contribution < -0.4 is 10.1 Å². The van der Waals surface area contributed by atoms with E-state index in [1.54, 1.807) is 7.11 Å². The molecule has 3 heteroatoms. The molecule has 0 atom stereocenters. The van der Waals surface area contributed by atoms with E-state index in [4.69, 9.17) is 4.74 Å². The summed E-state index contributed by atoms with van der Waals surface area (Å²) in [5.74, 6) is 0.907. The summed E-state index contributed by atoms with van der Waals surface area (Å²) in [5, 5.41) is 3.33. The number of hydrogen-bond donors (Lipinski definition) is 1. The molecule has 0 bridgehead atoms. The zero-order valence-corrected chi connectivity index (χ0v) is 7.79. The molecule has 1 N–H and O–H groups in total. The maximum absolute atomic E-state index is 5.22. The number of benzene rings is 1. The van der Waals surface area contributed by atoms with Crippen molar-refractivity contribution in [1.29, 1.82) is 0 Å². The summed E-state index contributed by atoms with van der Waals surface area (Å²) < 4.78 is 5.22. The third-order valence-corrected chi connectivity index (χ3v) is 2.14. The van der Waals surface area contributed by atoms with Crippen molar-refractivity contribution < 1.29 is 4.74 Å². The summed E-state index contributed by atoms with van der Waals surface area (Å²) in [6, 6.07) is 7.97. The first kappa shape index (κ1) is 8.38. The number of ether oxygens (including phenoxy) is 1. The van der Waals surface area contributed by atoms with Crippen LogP contribution in [0.1, 0.15) is 0 Å². The molecular weight excluding hydrogens is 164 g/mol. The van der Waals surface area contributed by atoms with E-state index in [1.165, 1.54) is 13.1 Å². The van der Waals surface area contributed by atoms with Crippen LogP contribution in [-0.2, 0) is 0 Å². The molecule has 1 fully saturated rings. The molecule has 1 aromatic rings. The summed E-state index contributed by atoms with van der Waals surface area (Å²) in [7, 11) is 1.69. The fraction of sp³-hybridized carbons (Fsp3) is 0.400. The highest BCUT2D eigenvalue weighted by Crippen LogP contribution is 2.23. The van der Waals surface area contributed by atoms with Crippen molar-refractivity contribution >= 4 is 5.69 Å². The maximum Gasteiger partial charge on any atom is 0.141 e. The van der Waals surface area contributed by atoms with Crippen LogP contribution in [0.15, 0.2) is 24.3 Å². The minimum absolute atomic E-state index is 0.907. The van der Waals surface area contributed by atoms with Crippen LogP contribution in [0, 0.1) is 0 Å². The lowest BCUT2D eigenvalue weighted by Crippen LogP contribution is -2.10. The number of nitrogens with zero attached hydrogens (tertiary/aromatic N) is 1. The van der Waals surface area contributed by atoms with Gasteiger partial charge in [-0.15, -0.1) is 0 Å². The highest BCUT2D eigenvalue weighted by molar-refractivity contribution is 5.55. The zero-order valence-electron chi connectivity index (χ0n) is 7.79. The Morgan fingerprint density at radius 1 is 1.38 bits per heavy atom. The Bertz CT molecular complexity index is 284. The fourth-order valence-corrected chi connectivity index (χ4v) is 1.22. The first-order valence-corrected chi connectivity index (χ1v) is 4.49. The second-order valence-electron chi connectivity index (χ2n) is 3.15. The van der Waals surface area contributed by atoms with Crippen LogP contribution in [0.3, 0.4) is 0 Å². The van der Waals surface area contributed by atoms with Crippen molar-refractivity contribution in [2.24, 2.45) is 0 Å². The molecule has 0 radical (unpaired) electrons. The normalized spacial score (nSPS) is 15.5. The molecule has 1 aromatic carbocycles. The fourth-order valence-electron chi connectivity index (χ4n) is 1.22. The molecule has 1 heterocycles. The zero-order chi connectivity index (χ0) is 9.10. The number of rotatable bonds is 4. The summed E-state index contributed by atoms with van der Waals surface area (Å²) in [6.45, 7) is 3.34. The first-order valence-electron chi connectivity index (χ1n) is 4.49. The largest absolute Gasteiger partial charge is 0.495 e. The van der Waals surface area contributed by atoms with Crippen molar-refractivity contribution in [1.82, 2.24) is 4.90 Å². The van der Waals surface area contributed by atoms with E-state index < -0.39 is 0 Å². The van der Waals surface area contributed by atoms with Gasteiger partial charge in [0.15, 0.2) is 0 Å². The highest BCUT2D eigenvalue weighted by atomic mass is 16.5. The molecule has 13 heavy (non-hydrogen) atoms. The minimum atomic E-state index is 0.907. The SMILES string of the molecule is COc1ccccc1NCN1CC1. The van der Waals surface area contributed by atoms with E-state index in [9.17, 15) is 0 Å². The van der Waals surface area contributed by atoms with Gasteiger partial charge in [-0.2, -0.15) is 0 Å². The first-order chi connectivity index (χ1) is 6.40. The quantitative estimate of drug-likeness (QED) is 0.705. The molecule has 1 saturated heterocycles. The Labute approximate surface area is 78.3 Å². The van der Waals surface area contributed by atoms with E-state index >= 15 is 0 Å². The Hall–Kier alpha value is -1.22. The van der Waals surface area contributed by atoms with E-state index in [0.717, 1.165) is 18.1 Å². The van der Waals surface area contributed by atoms with Gasteiger partial charge in [0.25, 0.3) is 0 Å². The van der Waals surface area contributed by atoms with Crippen molar-refractivity contribution in [2.45, 2.75) is 0 Å². The number of methoxy groups -OCH3 is 1. The van der Waals surface area contributed by atoms with Gasteiger partial charge >= 0.3 is 0 Å². The Morgan fingerprint density at radius 3 is 2.85 bits per heavy atom. The minimum Gasteiger partial charge on any atom is -0.495 e. The van der Waals surface area contributed by atoms with Gasteiger partial charge in [-0.05, 0) is 12.1 Å². The standard InChI is InChI=1S/C10H14N2O/c1-13-10-5-3-2-4-9(10)11-8-12-6-7-12/h2-5,11H,6-8H2,1H3. The van der Waals surface area contributed by atoms with Gasteiger partial charge < -0.3 is 10.1 Å². The van der Waals surface area contributed by atoms with Crippen LogP contribution in [0.4, 0.5) is 5.69 Å². The van der Waals surface area contributed by atoms with E-state index in [2.05, 4.69) is 10.2 Å². The third kappa shape index (κ3) is 2.12. The molecule has 0 saturated carbocycles. The summed E-state index contributed by atoms with van der Waals surface area (Å²) in [5.41, 5.74) is 1.07. The molecule has 0 aliphatic carbocycles. The molecule has 70 valence electrons. The Morgan fingerprint density at radius 2 is 2.15 bits per heavy atom. The van der Waals surface area contributed by atoms with Gasteiger partial charge in [-0.1, -0.05) is 12.1 Å². The topological polar surface area (TPSA) is 24.3 Å². The van der Waals surface area contributed by atoms with Gasteiger partial charge in [-0.25, -0.2) is 0 Å². The molecule has 0 aromatic heterocycles. The number of hydrogen-bond acceptors (Lipinski definition) is 3. The van der Waals surface area contributed by atoms with Gasteiger partial charge in [-0.3, -0.25) is 4.90 Å². The third-order valence-electron chi connectivity index (χ3n) is 2.14. The molecule has 1 aliphatic rings. The van der Waals surface area contributed by atoms with Crippen LogP contribution >= 0.6 is 0 Å². The summed E-state index contributed by atoms with van der Waals surface area (Å²) >= 11 is 0. The highest BCUT2D eigenvalue weighted by Gasteiger charge is 2.16. The molecule has 2 rings (SSSR count). The van der Waals surface area contributed by atoms with Gasteiger partial charge in [0.2, 0.25) is 0 Å². The molecule has 1 aliphatic heterocycles. The van der Waals surface area contributed by atoms with E-state index in [1.807, 2.05) is 24.3 Å². The number of para-hydroxylation sites is 2. The summed E-state index contributed by atoms with van der Waals surface area (Å²) in [4.78, 5) is 2.31. The van der Waals surface area contributed by atoms with Crippen molar-refractivity contribution in [3.05, 3.63) is 24.3 Å². The average Bonchev–Trinajstić information content (AvgIpc) is 2.99. The molecule has 0 unspecified atom stereocenters. The second-order valence-corrected chi connectivity index (χ2v) is 3.15. The van der Waals surface area contributed by atoms with Crippen LogP contribution in [0.2, 0.25) is 0 Å². The Kier molecular flexibility index (Phi) is 2.36. The maximum atomic E-state index is 5.22. The predicted molar refractivity (Wildman–Crippen MR) is 53.1 cm³/mol. The lowest BCUT2D eigenvalue weighted by atomic mass is 10.3. The van der Waals surface area contributed by atoms with Crippen molar-refractivity contribution in [3.63, 3.8) is 0 Å². The van der Waals surface area contributed by atoms with Crippen LogP contribution in [-0.4, -0.2) is 31.8 Å². The van der Waals surface area contributed by atoms with Gasteiger partial charge in [0.05, 0.1) is 19.5 Å². The van der Waals surface area contributed by atoms with Crippen molar-refractivity contribution in [2.75, 3.05) is 32.2 Å². The lowest BCUT2D eigenvalue weighted by molar-refractivity contribution is 0.416. The lowest BCUT2D eigenvalue weighted by Gasteiger charge is -2.10. The molecule has 3 nitrogen and oxygen atoms in total. The molecular formula is C10H14N2O. The molecule has 0 amide bonds. The number of anilines is 1. The summed E-state index contributed by atoms with van der Waals surface area (Å²) in [6.07, 6.45) is 0. The van der Waals surface area contributed by atoms with Crippen LogP contribution in [0.5, 0.6) is 5.75 Å². The predicted octanol–water partition coefficient (Wildman–Crippen LogP) is 1.38. The van der Waals surface area contributed by atoms with E-state index in [-0.39, 0.29) is 0 Å². The second kappa shape index (κ2) is 3.66. The number of nitrogens with one attached hydrogen (secondary N) is 1. The molecule has 0 spiro atoms. The smallest absolute Gasteiger partial charge is 0.141 e. The van der Waals surface area contributed by atoms with E-state index in [0.29, 0.717) is 0 Å². The van der Waals surface area contributed by atoms with Gasteiger partial charge in [0.1, 0.15) is 5.75 Å². The van der Waals surface area contributed by atoms with Gasteiger partial charge in [0, 0.05) is 13.1 Å². The Balaban J connectivity index is 1.99.